The molecule has 1 aromatic rings. The quantitative estimate of drug-likeness (QED) is 0.744. The van der Waals surface area contributed by atoms with Gasteiger partial charge in [0.15, 0.2) is 5.54 Å². The van der Waals surface area contributed by atoms with E-state index >= 15 is 0 Å². The van der Waals surface area contributed by atoms with Crippen LogP contribution in [0.4, 0.5) is 0 Å². The second-order valence-corrected chi connectivity index (χ2v) is 9.26. The van der Waals surface area contributed by atoms with Crippen molar-refractivity contribution in [2.75, 3.05) is 18.1 Å². The SMILES string of the molecule is CCOC(=O)[C@]12[C@H](c3ccccc3)CC(=O)N1C=C(C#N)C21SCCS1. The molecule has 5 nitrogen and oxygen atoms in total. The van der Waals surface area contributed by atoms with Crippen LogP contribution in [-0.4, -0.2) is 44.5 Å². The molecule has 3 heterocycles. The Morgan fingerprint density at radius 1 is 1.35 bits per heavy atom. The molecule has 1 spiro atoms. The number of carbonyl (C=O) groups excluding carboxylic acids is 2. The van der Waals surface area contributed by atoms with Gasteiger partial charge in [-0.15, -0.1) is 23.5 Å². The highest BCUT2D eigenvalue weighted by molar-refractivity contribution is 8.21. The molecule has 2 fully saturated rings. The van der Waals surface area contributed by atoms with Gasteiger partial charge in [-0.1, -0.05) is 30.3 Å². The molecule has 0 saturated carbocycles. The maximum atomic E-state index is 13.4. The van der Waals surface area contributed by atoms with Crippen molar-refractivity contribution in [3.05, 3.63) is 47.7 Å². The molecule has 3 aliphatic heterocycles. The lowest BCUT2D eigenvalue weighted by atomic mass is 9.76. The van der Waals surface area contributed by atoms with Crippen molar-refractivity contribution >= 4 is 35.4 Å². The molecule has 134 valence electrons. The lowest BCUT2D eigenvalue weighted by Gasteiger charge is -2.44. The molecular formula is C19H18N2O3S2. The third-order valence-electron chi connectivity index (χ3n) is 5.25. The third-order valence-corrected chi connectivity index (χ3v) is 8.91. The molecule has 0 aliphatic carbocycles. The van der Waals surface area contributed by atoms with Gasteiger partial charge in [0.25, 0.3) is 0 Å². The number of amides is 1. The maximum absolute atomic E-state index is 13.4. The summed E-state index contributed by atoms with van der Waals surface area (Å²) >= 11 is 3.18. The summed E-state index contributed by atoms with van der Waals surface area (Å²) in [5, 5.41) is 9.78. The zero-order chi connectivity index (χ0) is 18.4. The van der Waals surface area contributed by atoms with Crippen LogP contribution in [0.25, 0.3) is 0 Å². The summed E-state index contributed by atoms with van der Waals surface area (Å²) in [5.74, 6) is 0.756. The van der Waals surface area contributed by atoms with E-state index in [1.54, 1.807) is 36.6 Å². The summed E-state index contributed by atoms with van der Waals surface area (Å²) < 4.78 is 4.70. The number of ether oxygens (including phenoxy) is 1. The van der Waals surface area contributed by atoms with E-state index in [-0.39, 0.29) is 24.9 Å². The van der Waals surface area contributed by atoms with E-state index < -0.39 is 15.6 Å². The van der Waals surface area contributed by atoms with Gasteiger partial charge < -0.3 is 4.74 Å². The Bertz CT molecular complexity index is 827. The average Bonchev–Trinajstić information content (AvgIpc) is 3.32. The van der Waals surface area contributed by atoms with Gasteiger partial charge in [-0.2, -0.15) is 5.26 Å². The van der Waals surface area contributed by atoms with Crippen LogP contribution < -0.4 is 0 Å². The van der Waals surface area contributed by atoms with Crippen molar-refractivity contribution in [2.45, 2.75) is 28.9 Å². The van der Waals surface area contributed by atoms with E-state index in [0.717, 1.165) is 17.1 Å². The number of hydrogen-bond acceptors (Lipinski definition) is 6. The minimum atomic E-state index is -1.21. The largest absolute Gasteiger partial charge is 0.464 e. The summed E-state index contributed by atoms with van der Waals surface area (Å²) in [6.45, 7) is 2.00. The van der Waals surface area contributed by atoms with Gasteiger partial charge in [-0.25, -0.2) is 4.79 Å². The van der Waals surface area contributed by atoms with Crippen molar-refractivity contribution in [2.24, 2.45) is 0 Å². The minimum absolute atomic E-state index is 0.135. The number of esters is 1. The van der Waals surface area contributed by atoms with Crippen LogP contribution in [0.5, 0.6) is 0 Å². The molecule has 0 bridgehead atoms. The molecule has 2 saturated heterocycles. The van der Waals surface area contributed by atoms with Gasteiger partial charge in [-0.3, -0.25) is 9.69 Å². The fourth-order valence-electron chi connectivity index (χ4n) is 4.32. The van der Waals surface area contributed by atoms with E-state index in [2.05, 4.69) is 6.07 Å². The number of nitriles is 1. The van der Waals surface area contributed by atoms with Crippen LogP contribution in [0.15, 0.2) is 42.1 Å². The molecule has 0 radical (unpaired) electrons. The van der Waals surface area contributed by atoms with Crippen LogP contribution >= 0.6 is 23.5 Å². The van der Waals surface area contributed by atoms with Gasteiger partial charge in [0.2, 0.25) is 5.91 Å². The molecule has 7 heteroatoms. The van der Waals surface area contributed by atoms with E-state index in [1.807, 2.05) is 30.3 Å². The van der Waals surface area contributed by atoms with Gasteiger partial charge in [-0.05, 0) is 12.5 Å². The smallest absolute Gasteiger partial charge is 0.335 e. The molecule has 4 rings (SSSR count). The zero-order valence-electron chi connectivity index (χ0n) is 14.3. The topological polar surface area (TPSA) is 70.4 Å². The van der Waals surface area contributed by atoms with Crippen LogP contribution in [0.1, 0.15) is 24.8 Å². The highest BCUT2D eigenvalue weighted by Crippen LogP contribution is 2.67. The van der Waals surface area contributed by atoms with Crippen LogP contribution in [0.2, 0.25) is 0 Å². The van der Waals surface area contributed by atoms with E-state index in [1.165, 1.54) is 4.90 Å². The second kappa shape index (κ2) is 6.36. The molecule has 1 amide bonds. The predicted octanol–water partition coefficient (Wildman–Crippen LogP) is 2.90. The first kappa shape index (κ1) is 17.5. The molecule has 26 heavy (non-hydrogen) atoms. The van der Waals surface area contributed by atoms with E-state index in [0.29, 0.717) is 5.57 Å². The molecule has 3 aliphatic rings. The number of carbonyl (C=O) groups is 2. The van der Waals surface area contributed by atoms with Gasteiger partial charge in [0, 0.05) is 30.0 Å². The first-order valence-electron chi connectivity index (χ1n) is 8.56. The summed E-state index contributed by atoms with van der Waals surface area (Å²) in [4.78, 5) is 27.8. The molecular weight excluding hydrogens is 368 g/mol. The predicted molar refractivity (Wildman–Crippen MR) is 101 cm³/mol. The first-order valence-corrected chi connectivity index (χ1v) is 10.5. The van der Waals surface area contributed by atoms with Crippen LogP contribution in [-0.2, 0) is 14.3 Å². The zero-order valence-corrected chi connectivity index (χ0v) is 15.9. The minimum Gasteiger partial charge on any atom is -0.464 e. The summed E-state index contributed by atoms with van der Waals surface area (Å²) in [5.41, 5.74) is 0.196. The van der Waals surface area contributed by atoms with Gasteiger partial charge in [0.05, 0.1) is 18.2 Å². The average molecular weight is 386 g/mol. The van der Waals surface area contributed by atoms with Crippen LogP contribution in [0.3, 0.4) is 0 Å². The number of rotatable bonds is 3. The number of nitrogens with zero attached hydrogens (tertiary/aromatic N) is 2. The van der Waals surface area contributed by atoms with Crippen LogP contribution in [0, 0.1) is 11.3 Å². The Labute approximate surface area is 160 Å². The Balaban J connectivity index is 1.97. The van der Waals surface area contributed by atoms with E-state index in [4.69, 9.17) is 4.74 Å². The Morgan fingerprint density at radius 3 is 2.65 bits per heavy atom. The Kier molecular flexibility index (Phi) is 4.28. The van der Waals surface area contributed by atoms with Crippen molar-refractivity contribution < 1.29 is 14.3 Å². The lowest BCUT2D eigenvalue weighted by Crippen LogP contribution is -2.62. The van der Waals surface area contributed by atoms with Gasteiger partial charge >= 0.3 is 5.97 Å². The number of fused-ring (bicyclic) bond motifs is 2. The Hall–Kier alpha value is -1.91. The fraction of sp³-hybridized carbons (Fsp3) is 0.421. The van der Waals surface area contributed by atoms with Crippen molar-refractivity contribution in [1.82, 2.24) is 4.90 Å². The standard InChI is InChI=1S/C19H18N2O3S2/c1-2-24-17(23)18-15(13-6-4-3-5-7-13)10-16(22)21(18)12-14(11-20)19(18)25-8-9-26-19/h3-7,12,15H,2,8-10H2,1H3/t15-,18-/m0/s1. The highest BCUT2D eigenvalue weighted by Gasteiger charge is 2.75. The second-order valence-electron chi connectivity index (χ2n) is 6.39. The highest BCUT2D eigenvalue weighted by atomic mass is 32.2. The molecule has 2 atom stereocenters. The first-order chi connectivity index (χ1) is 12.6. The summed E-state index contributed by atoms with van der Waals surface area (Å²) in [6, 6.07) is 11.9. The lowest BCUT2D eigenvalue weighted by molar-refractivity contribution is -0.157. The number of thioether (sulfide) groups is 2. The Morgan fingerprint density at radius 2 is 2.04 bits per heavy atom. The van der Waals surface area contributed by atoms with Crippen molar-refractivity contribution in [3.8, 4) is 6.07 Å². The maximum Gasteiger partial charge on any atom is 0.335 e. The summed E-state index contributed by atoms with van der Waals surface area (Å²) in [6.07, 6.45) is 1.83. The van der Waals surface area contributed by atoms with Gasteiger partial charge in [0.1, 0.15) is 4.08 Å². The molecule has 0 unspecified atom stereocenters. The monoisotopic (exact) mass is 386 g/mol. The molecule has 0 N–H and O–H groups in total. The number of hydrogen-bond donors (Lipinski definition) is 0. The fourth-order valence-corrected chi connectivity index (χ4v) is 7.99. The normalized spacial score (nSPS) is 28.8. The third kappa shape index (κ3) is 2.06. The number of benzene rings is 1. The van der Waals surface area contributed by atoms with Crippen molar-refractivity contribution in [1.29, 1.82) is 5.26 Å². The molecule has 0 aromatic heterocycles. The van der Waals surface area contributed by atoms with Crippen molar-refractivity contribution in [3.63, 3.8) is 0 Å². The van der Waals surface area contributed by atoms with E-state index in [9.17, 15) is 14.9 Å². The summed E-state index contributed by atoms with van der Waals surface area (Å²) in [7, 11) is 0. The molecule has 1 aromatic carbocycles.